The monoisotopic (exact) mass is 465 g/mol. The molecule has 1 atom stereocenters. The van der Waals surface area contributed by atoms with Gasteiger partial charge in [-0.05, 0) is 61.4 Å². The zero-order chi connectivity index (χ0) is 22.7. The van der Waals surface area contributed by atoms with Crippen LogP contribution in [0.3, 0.4) is 0 Å². The third-order valence-electron chi connectivity index (χ3n) is 5.20. The molecule has 3 aromatic rings. The first-order valence-electron chi connectivity index (χ1n) is 9.97. The van der Waals surface area contributed by atoms with Crippen molar-refractivity contribution in [3.8, 4) is 11.5 Å². The quantitative estimate of drug-likeness (QED) is 0.373. The molecule has 32 heavy (non-hydrogen) atoms. The van der Waals surface area contributed by atoms with E-state index in [2.05, 4.69) is 10.2 Å². The van der Waals surface area contributed by atoms with Crippen LogP contribution in [0.1, 0.15) is 30.2 Å². The van der Waals surface area contributed by atoms with Crippen molar-refractivity contribution >= 4 is 17.7 Å². The van der Waals surface area contributed by atoms with Crippen LogP contribution in [0.2, 0.25) is 0 Å². The number of alkyl halides is 3. The summed E-state index contributed by atoms with van der Waals surface area (Å²) >= 11 is 1.34. The fraction of sp³-hybridized carbons (Fsp3) is 0.318. The summed E-state index contributed by atoms with van der Waals surface area (Å²) in [5.74, 6) is 0.243. The van der Waals surface area contributed by atoms with Crippen LogP contribution in [-0.4, -0.2) is 39.8 Å². The average molecular weight is 465 g/mol. The molecule has 2 aromatic carbocycles. The lowest BCUT2D eigenvalue weighted by molar-refractivity contribution is -0.137. The van der Waals surface area contributed by atoms with Gasteiger partial charge in [-0.25, -0.2) is 4.39 Å². The Morgan fingerprint density at radius 2 is 1.81 bits per heavy atom. The Kier molecular flexibility index (Phi) is 6.50. The molecule has 1 aliphatic rings. The molecule has 1 fully saturated rings. The van der Waals surface area contributed by atoms with E-state index in [0.29, 0.717) is 24.5 Å². The summed E-state index contributed by atoms with van der Waals surface area (Å²) in [7, 11) is 0. The predicted octanol–water partition coefficient (Wildman–Crippen LogP) is 5.39. The lowest BCUT2D eigenvalue weighted by Crippen LogP contribution is -2.40. The SMILES string of the molecule is O=C(CSc1ccc(F)cc1)N1CCCC(c2nnc(-c3ccc(C(F)(F)F)cc3)o2)C1. The number of rotatable bonds is 5. The summed E-state index contributed by atoms with van der Waals surface area (Å²) < 4.78 is 56.9. The Labute approximate surface area is 185 Å². The van der Waals surface area contributed by atoms with E-state index in [1.165, 1.54) is 36.0 Å². The Hall–Kier alpha value is -2.88. The molecule has 1 aromatic heterocycles. The minimum Gasteiger partial charge on any atom is -0.420 e. The van der Waals surface area contributed by atoms with Crippen LogP contribution in [-0.2, 0) is 11.0 Å². The highest BCUT2D eigenvalue weighted by molar-refractivity contribution is 8.00. The molecule has 1 unspecified atom stereocenters. The number of nitrogens with zero attached hydrogens (tertiary/aromatic N) is 3. The van der Waals surface area contributed by atoms with Crippen molar-refractivity contribution in [1.82, 2.24) is 15.1 Å². The van der Waals surface area contributed by atoms with E-state index in [4.69, 9.17) is 4.42 Å². The predicted molar refractivity (Wildman–Crippen MR) is 110 cm³/mol. The molecule has 2 heterocycles. The van der Waals surface area contributed by atoms with Crippen LogP contribution in [0.25, 0.3) is 11.5 Å². The van der Waals surface area contributed by atoms with Gasteiger partial charge in [-0.3, -0.25) is 4.79 Å². The second-order valence-electron chi connectivity index (χ2n) is 7.44. The molecule has 1 saturated heterocycles. The molecule has 0 spiro atoms. The van der Waals surface area contributed by atoms with Gasteiger partial charge in [0, 0.05) is 23.5 Å². The molecule has 5 nitrogen and oxygen atoms in total. The van der Waals surface area contributed by atoms with Crippen molar-refractivity contribution < 1.29 is 26.8 Å². The fourth-order valence-corrected chi connectivity index (χ4v) is 4.29. The van der Waals surface area contributed by atoms with E-state index in [1.807, 2.05) is 0 Å². The van der Waals surface area contributed by atoms with E-state index < -0.39 is 11.7 Å². The second kappa shape index (κ2) is 9.32. The van der Waals surface area contributed by atoms with Crippen molar-refractivity contribution in [2.24, 2.45) is 0 Å². The lowest BCUT2D eigenvalue weighted by atomic mass is 9.98. The van der Waals surface area contributed by atoms with Gasteiger partial charge < -0.3 is 9.32 Å². The summed E-state index contributed by atoms with van der Waals surface area (Å²) in [4.78, 5) is 15.2. The minimum absolute atomic E-state index is 0.0356. The van der Waals surface area contributed by atoms with Crippen LogP contribution >= 0.6 is 11.8 Å². The van der Waals surface area contributed by atoms with E-state index in [9.17, 15) is 22.4 Å². The molecule has 1 aliphatic heterocycles. The molecule has 0 saturated carbocycles. The van der Waals surface area contributed by atoms with Crippen LogP contribution in [0.4, 0.5) is 17.6 Å². The highest BCUT2D eigenvalue weighted by Gasteiger charge is 2.31. The van der Waals surface area contributed by atoms with Gasteiger partial charge in [0.25, 0.3) is 0 Å². The van der Waals surface area contributed by atoms with Gasteiger partial charge in [-0.15, -0.1) is 22.0 Å². The smallest absolute Gasteiger partial charge is 0.416 e. The van der Waals surface area contributed by atoms with Crippen molar-refractivity contribution in [3.63, 3.8) is 0 Å². The topological polar surface area (TPSA) is 59.2 Å². The number of carbonyl (C=O) groups excluding carboxylic acids is 1. The van der Waals surface area contributed by atoms with Gasteiger partial charge >= 0.3 is 6.18 Å². The third kappa shape index (κ3) is 5.29. The maximum Gasteiger partial charge on any atom is 0.416 e. The summed E-state index contributed by atoms with van der Waals surface area (Å²) in [5.41, 5.74) is -0.350. The molecular weight excluding hydrogens is 446 g/mol. The zero-order valence-corrected chi connectivity index (χ0v) is 17.6. The van der Waals surface area contributed by atoms with Gasteiger partial charge in [0.2, 0.25) is 17.7 Å². The Morgan fingerprint density at radius 1 is 1.09 bits per heavy atom. The number of likely N-dealkylation sites (tertiary alicyclic amines) is 1. The number of amides is 1. The van der Waals surface area contributed by atoms with Crippen LogP contribution in [0, 0.1) is 5.82 Å². The van der Waals surface area contributed by atoms with Crippen LogP contribution in [0.5, 0.6) is 0 Å². The maximum absolute atomic E-state index is 13.0. The summed E-state index contributed by atoms with van der Waals surface area (Å²) in [6, 6.07) is 10.5. The number of benzene rings is 2. The summed E-state index contributed by atoms with van der Waals surface area (Å²) in [6.07, 6.45) is -2.87. The second-order valence-corrected chi connectivity index (χ2v) is 8.49. The van der Waals surface area contributed by atoms with Gasteiger partial charge in [0.1, 0.15) is 5.82 Å². The van der Waals surface area contributed by atoms with Crippen LogP contribution < -0.4 is 0 Å². The molecular formula is C22H19F4N3O2S. The van der Waals surface area contributed by atoms with Crippen molar-refractivity contribution in [3.05, 3.63) is 65.8 Å². The molecule has 168 valence electrons. The molecule has 4 rings (SSSR count). The molecule has 0 aliphatic carbocycles. The molecule has 0 bridgehead atoms. The number of thioether (sulfide) groups is 1. The maximum atomic E-state index is 13.0. The van der Waals surface area contributed by atoms with Gasteiger partial charge in [0.05, 0.1) is 17.2 Å². The Morgan fingerprint density at radius 3 is 2.50 bits per heavy atom. The first-order valence-corrected chi connectivity index (χ1v) is 11.0. The fourth-order valence-electron chi connectivity index (χ4n) is 3.49. The van der Waals surface area contributed by atoms with Crippen LogP contribution in [0.15, 0.2) is 57.8 Å². The van der Waals surface area contributed by atoms with E-state index in [1.54, 1.807) is 17.0 Å². The average Bonchev–Trinajstić information content (AvgIpc) is 3.28. The van der Waals surface area contributed by atoms with Crippen molar-refractivity contribution in [1.29, 1.82) is 0 Å². The third-order valence-corrected chi connectivity index (χ3v) is 6.20. The number of hydrogen-bond acceptors (Lipinski definition) is 5. The first kappa shape index (κ1) is 22.3. The van der Waals surface area contributed by atoms with E-state index in [0.717, 1.165) is 29.9 Å². The molecule has 0 radical (unpaired) electrons. The largest absolute Gasteiger partial charge is 0.420 e. The number of aromatic nitrogens is 2. The van der Waals surface area contributed by atoms with Crippen molar-refractivity contribution in [2.75, 3.05) is 18.8 Å². The Balaban J connectivity index is 1.37. The van der Waals surface area contributed by atoms with Gasteiger partial charge in [-0.1, -0.05) is 0 Å². The van der Waals surface area contributed by atoms with E-state index in [-0.39, 0.29) is 29.3 Å². The molecule has 1 amide bonds. The number of hydrogen-bond donors (Lipinski definition) is 0. The Bertz CT molecular complexity index is 1070. The van der Waals surface area contributed by atoms with Gasteiger partial charge in [-0.2, -0.15) is 13.2 Å². The lowest BCUT2D eigenvalue weighted by Gasteiger charge is -2.31. The number of carbonyl (C=O) groups is 1. The summed E-state index contributed by atoms with van der Waals surface area (Å²) in [6.45, 7) is 1.05. The van der Waals surface area contributed by atoms with E-state index >= 15 is 0 Å². The standard InChI is InChI=1S/C22H19F4N3O2S/c23-17-7-9-18(10-8-17)32-13-19(30)29-11-1-2-15(12-29)21-28-27-20(31-21)14-3-5-16(6-4-14)22(24,25)26/h3-10,15H,1-2,11-13H2. The molecule has 0 N–H and O–H groups in total. The summed E-state index contributed by atoms with van der Waals surface area (Å²) in [5, 5.41) is 8.04. The van der Waals surface area contributed by atoms with Crippen molar-refractivity contribution in [2.45, 2.75) is 29.8 Å². The van der Waals surface area contributed by atoms with Gasteiger partial charge in [0.15, 0.2) is 0 Å². The normalized spacial score (nSPS) is 16.9. The zero-order valence-electron chi connectivity index (χ0n) is 16.8. The molecule has 10 heteroatoms. The first-order chi connectivity index (χ1) is 15.3. The minimum atomic E-state index is -4.41. The number of piperidine rings is 1. The highest BCUT2D eigenvalue weighted by Crippen LogP contribution is 2.32. The highest BCUT2D eigenvalue weighted by atomic mass is 32.2. The number of halogens is 4.